The lowest BCUT2D eigenvalue weighted by atomic mass is 10.0. The number of carbonyl (C=O) groups is 1. The van der Waals surface area contributed by atoms with E-state index in [9.17, 15) is 4.79 Å². The number of carbonyl (C=O) groups excluding carboxylic acids is 1. The molecule has 0 saturated carbocycles. The molecule has 1 amide bonds. The quantitative estimate of drug-likeness (QED) is 0.853. The second-order valence-electron chi connectivity index (χ2n) is 7.51. The van der Waals surface area contributed by atoms with Crippen molar-refractivity contribution in [1.82, 2.24) is 20.7 Å². The van der Waals surface area contributed by atoms with E-state index < -0.39 is 0 Å². The first kappa shape index (κ1) is 18.9. The number of amides is 1. The van der Waals surface area contributed by atoms with Gasteiger partial charge in [0, 0.05) is 37.8 Å². The summed E-state index contributed by atoms with van der Waals surface area (Å²) in [5.41, 5.74) is 9.95. The van der Waals surface area contributed by atoms with E-state index >= 15 is 0 Å². The number of nitrogens with zero attached hydrogens (tertiary/aromatic N) is 2. The molecule has 28 heavy (non-hydrogen) atoms. The molecule has 2 heterocycles. The maximum absolute atomic E-state index is 12.8. The van der Waals surface area contributed by atoms with Crippen molar-refractivity contribution in [2.24, 2.45) is 0 Å². The Morgan fingerprint density at radius 3 is 2.39 bits per heavy atom. The fraction of sp³-hybridized carbons (Fsp3) is 0.409. The molecule has 2 unspecified atom stereocenters. The van der Waals surface area contributed by atoms with E-state index in [0.29, 0.717) is 0 Å². The van der Waals surface area contributed by atoms with Crippen LogP contribution in [0.5, 0.6) is 5.75 Å². The monoisotopic (exact) mass is 380 g/mol. The number of ether oxygens (including phenoxy) is 1. The standard InChI is InChI=1S/C22H28N4O2/c1-16-5-3-4-6-19(16)22(27)26-13-11-25(12-14-26)21-15-20(23-24-21)17-7-9-18(28-2)10-8-17/h3-10,20-21,23-24H,11-15H2,1-2H3. The Balaban J connectivity index is 1.32. The number of hydrogen-bond donors (Lipinski definition) is 2. The zero-order chi connectivity index (χ0) is 19.5. The summed E-state index contributed by atoms with van der Waals surface area (Å²) in [6, 6.07) is 16.3. The Labute approximate surface area is 166 Å². The number of hydrazine groups is 1. The van der Waals surface area contributed by atoms with Gasteiger partial charge in [-0.05, 0) is 42.7 Å². The summed E-state index contributed by atoms with van der Waals surface area (Å²) < 4.78 is 5.24. The highest BCUT2D eigenvalue weighted by molar-refractivity contribution is 5.95. The Morgan fingerprint density at radius 1 is 1.00 bits per heavy atom. The van der Waals surface area contributed by atoms with Gasteiger partial charge in [0.1, 0.15) is 5.75 Å². The van der Waals surface area contributed by atoms with Gasteiger partial charge in [-0.15, -0.1) is 0 Å². The molecule has 2 aliphatic heterocycles. The molecule has 2 aliphatic rings. The molecule has 2 N–H and O–H groups in total. The molecule has 2 atom stereocenters. The summed E-state index contributed by atoms with van der Waals surface area (Å²) in [7, 11) is 1.68. The van der Waals surface area contributed by atoms with Gasteiger partial charge in [-0.3, -0.25) is 9.69 Å². The maximum Gasteiger partial charge on any atom is 0.254 e. The van der Waals surface area contributed by atoms with Crippen LogP contribution in [0.1, 0.15) is 33.9 Å². The van der Waals surface area contributed by atoms with E-state index in [2.05, 4.69) is 27.9 Å². The molecular formula is C22H28N4O2. The number of benzene rings is 2. The van der Waals surface area contributed by atoms with Gasteiger partial charge in [-0.2, -0.15) is 0 Å². The molecule has 2 aromatic carbocycles. The van der Waals surface area contributed by atoms with E-state index in [4.69, 9.17) is 4.74 Å². The van der Waals surface area contributed by atoms with Crippen LogP contribution in [-0.4, -0.2) is 55.2 Å². The molecule has 2 fully saturated rings. The zero-order valence-corrected chi connectivity index (χ0v) is 16.5. The Bertz CT molecular complexity index is 816. The van der Waals surface area contributed by atoms with Crippen LogP contribution in [0.2, 0.25) is 0 Å². The van der Waals surface area contributed by atoms with Crippen molar-refractivity contribution in [2.45, 2.75) is 25.6 Å². The fourth-order valence-electron chi connectivity index (χ4n) is 4.05. The highest BCUT2D eigenvalue weighted by atomic mass is 16.5. The van der Waals surface area contributed by atoms with Gasteiger partial charge in [0.2, 0.25) is 0 Å². The van der Waals surface area contributed by atoms with E-state index in [1.54, 1.807) is 7.11 Å². The van der Waals surface area contributed by atoms with Gasteiger partial charge in [-0.25, -0.2) is 10.9 Å². The highest BCUT2D eigenvalue weighted by Gasteiger charge is 2.32. The molecule has 2 saturated heterocycles. The van der Waals surface area contributed by atoms with Gasteiger partial charge >= 0.3 is 0 Å². The van der Waals surface area contributed by atoms with Crippen LogP contribution >= 0.6 is 0 Å². The first-order chi connectivity index (χ1) is 13.7. The van der Waals surface area contributed by atoms with Crippen LogP contribution in [0.3, 0.4) is 0 Å². The molecule has 0 radical (unpaired) electrons. The third-order valence-electron chi connectivity index (χ3n) is 5.82. The zero-order valence-electron chi connectivity index (χ0n) is 16.5. The Kier molecular flexibility index (Phi) is 5.62. The first-order valence-electron chi connectivity index (χ1n) is 9.89. The summed E-state index contributed by atoms with van der Waals surface area (Å²) in [4.78, 5) is 17.2. The SMILES string of the molecule is COc1ccc(C2CC(N3CCN(C(=O)c4ccccc4C)CC3)NN2)cc1. The number of piperazine rings is 1. The molecule has 0 aliphatic carbocycles. The van der Waals surface area contributed by atoms with Crippen molar-refractivity contribution in [3.8, 4) is 5.75 Å². The molecule has 6 nitrogen and oxygen atoms in total. The third-order valence-corrected chi connectivity index (χ3v) is 5.82. The van der Waals surface area contributed by atoms with Crippen molar-refractivity contribution in [2.75, 3.05) is 33.3 Å². The van der Waals surface area contributed by atoms with Gasteiger partial charge in [-0.1, -0.05) is 30.3 Å². The fourth-order valence-corrected chi connectivity index (χ4v) is 4.05. The predicted molar refractivity (Wildman–Crippen MR) is 109 cm³/mol. The number of nitrogens with one attached hydrogen (secondary N) is 2. The van der Waals surface area contributed by atoms with E-state index in [0.717, 1.165) is 49.5 Å². The average molecular weight is 380 g/mol. The Hall–Kier alpha value is -2.41. The minimum Gasteiger partial charge on any atom is -0.497 e. The van der Waals surface area contributed by atoms with Crippen LogP contribution in [0.4, 0.5) is 0 Å². The number of methoxy groups -OCH3 is 1. The van der Waals surface area contributed by atoms with Crippen LogP contribution in [0.15, 0.2) is 48.5 Å². The molecule has 2 aromatic rings. The predicted octanol–water partition coefficient (Wildman–Crippen LogP) is 2.33. The van der Waals surface area contributed by atoms with Crippen LogP contribution in [-0.2, 0) is 0 Å². The lowest BCUT2D eigenvalue weighted by Crippen LogP contribution is -2.55. The minimum atomic E-state index is 0.145. The smallest absolute Gasteiger partial charge is 0.254 e. The number of rotatable bonds is 4. The topological polar surface area (TPSA) is 56.8 Å². The summed E-state index contributed by atoms with van der Waals surface area (Å²) in [6.45, 7) is 5.28. The van der Waals surface area contributed by atoms with Crippen LogP contribution < -0.4 is 15.6 Å². The van der Waals surface area contributed by atoms with Gasteiger partial charge in [0.15, 0.2) is 0 Å². The molecule has 6 heteroatoms. The molecular weight excluding hydrogens is 352 g/mol. The average Bonchev–Trinajstić information content (AvgIpc) is 3.24. The lowest BCUT2D eigenvalue weighted by molar-refractivity contribution is 0.0544. The van der Waals surface area contributed by atoms with Crippen LogP contribution in [0, 0.1) is 6.92 Å². The number of aryl methyl sites for hydroxylation is 1. The molecule has 0 bridgehead atoms. The molecule has 148 valence electrons. The van der Waals surface area contributed by atoms with Gasteiger partial charge in [0.05, 0.1) is 13.3 Å². The second kappa shape index (κ2) is 8.31. The lowest BCUT2D eigenvalue weighted by Gasteiger charge is -2.37. The van der Waals surface area contributed by atoms with Crippen LogP contribution in [0.25, 0.3) is 0 Å². The van der Waals surface area contributed by atoms with Crippen molar-refractivity contribution in [1.29, 1.82) is 0 Å². The molecule has 4 rings (SSSR count). The third kappa shape index (κ3) is 3.90. The summed E-state index contributed by atoms with van der Waals surface area (Å²) in [5.74, 6) is 1.02. The highest BCUT2D eigenvalue weighted by Crippen LogP contribution is 2.26. The van der Waals surface area contributed by atoms with Crippen molar-refractivity contribution in [3.05, 3.63) is 65.2 Å². The summed E-state index contributed by atoms with van der Waals surface area (Å²) in [6.07, 6.45) is 1.28. The second-order valence-corrected chi connectivity index (χ2v) is 7.51. The Morgan fingerprint density at radius 2 is 1.71 bits per heavy atom. The number of hydrogen-bond acceptors (Lipinski definition) is 5. The molecule has 0 aromatic heterocycles. The maximum atomic E-state index is 12.8. The van der Waals surface area contributed by atoms with Gasteiger partial charge in [0.25, 0.3) is 5.91 Å². The van der Waals surface area contributed by atoms with E-state index in [1.807, 2.05) is 48.2 Å². The first-order valence-corrected chi connectivity index (χ1v) is 9.89. The minimum absolute atomic E-state index is 0.145. The largest absolute Gasteiger partial charge is 0.497 e. The van der Waals surface area contributed by atoms with Crippen molar-refractivity contribution in [3.63, 3.8) is 0 Å². The van der Waals surface area contributed by atoms with E-state index in [1.165, 1.54) is 5.56 Å². The normalized spacial score (nSPS) is 23.0. The summed E-state index contributed by atoms with van der Waals surface area (Å²) >= 11 is 0. The summed E-state index contributed by atoms with van der Waals surface area (Å²) in [5, 5.41) is 0. The van der Waals surface area contributed by atoms with Crippen molar-refractivity contribution >= 4 is 5.91 Å². The molecule has 0 spiro atoms. The van der Waals surface area contributed by atoms with E-state index in [-0.39, 0.29) is 18.1 Å². The van der Waals surface area contributed by atoms with Crippen molar-refractivity contribution < 1.29 is 9.53 Å². The van der Waals surface area contributed by atoms with Gasteiger partial charge < -0.3 is 9.64 Å².